The Morgan fingerprint density at radius 3 is 1.92 bits per heavy atom. The van der Waals surface area contributed by atoms with Crippen molar-refractivity contribution in [1.82, 2.24) is 10.9 Å². The molecule has 0 bridgehead atoms. The van der Waals surface area contributed by atoms with Gasteiger partial charge in [0.25, 0.3) is 11.8 Å². The van der Waals surface area contributed by atoms with Crippen molar-refractivity contribution in [2.75, 3.05) is 13.2 Å². The molecule has 138 valence electrons. The second-order valence-corrected chi connectivity index (χ2v) is 7.33. The molecule has 0 heterocycles. The number of ether oxygens (including phenoxy) is 2. The van der Waals surface area contributed by atoms with Gasteiger partial charge in [0, 0.05) is 5.02 Å². The van der Waals surface area contributed by atoms with Crippen molar-refractivity contribution in [3.8, 4) is 11.5 Å². The van der Waals surface area contributed by atoms with Crippen LogP contribution in [0.4, 0.5) is 0 Å². The highest BCUT2D eigenvalue weighted by atomic mass is 79.9. The van der Waals surface area contributed by atoms with Crippen LogP contribution in [0.5, 0.6) is 11.5 Å². The van der Waals surface area contributed by atoms with Crippen LogP contribution in [-0.2, 0) is 9.59 Å². The van der Waals surface area contributed by atoms with Gasteiger partial charge in [-0.1, -0.05) is 17.7 Å². The molecular weight excluding hydrogens is 491 g/mol. The van der Waals surface area contributed by atoms with Crippen molar-refractivity contribution < 1.29 is 19.1 Å². The number of halogens is 3. The highest BCUT2D eigenvalue weighted by Gasteiger charge is 2.09. The Balaban J connectivity index is 1.72. The number of amides is 2. The first-order chi connectivity index (χ1) is 12.3. The van der Waals surface area contributed by atoms with E-state index >= 15 is 0 Å². The van der Waals surface area contributed by atoms with E-state index in [-0.39, 0.29) is 13.2 Å². The summed E-state index contributed by atoms with van der Waals surface area (Å²) >= 11 is 12.5. The van der Waals surface area contributed by atoms with Crippen LogP contribution in [0.25, 0.3) is 0 Å². The van der Waals surface area contributed by atoms with E-state index in [1.807, 2.05) is 19.1 Å². The van der Waals surface area contributed by atoms with Gasteiger partial charge in [0.05, 0.1) is 8.95 Å². The van der Waals surface area contributed by atoms with Gasteiger partial charge in [0.2, 0.25) is 0 Å². The molecule has 0 saturated heterocycles. The molecule has 2 amide bonds. The molecule has 2 rings (SSSR count). The maximum absolute atomic E-state index is 11.7. The highest BCUT2D eigenvalue weighted by molar-refractivity contribution is 9.10. The van der Waals surface area contributed by atoms with Gasteiger partial charge in [-0.05, 0) is 74.7 Å². The Kier molecular flexibility index (Phi) is 7.74. The number of hydrogen-bond donors (Lipinski definition) is 2. The van der Waals surface area contributed by atoms with Crippen molar-refractivity contribution >= 4 is 55.3 Å². The summed E-state index contributed by atoms with van der Waals surface area (Å²) in [6.45, 7) is 1.43. The third-order valence-electron chi connectivity index (χ3n) is 3.04. The first-order valence-corrected chi connectivity index (χ1v) is 9.36. The number of nitrogens with one attached hydrogen (secondary N) is 2. The fourth-order valence-electron chi connectivity index (χ4n) is 1.81. The van der Waals surface area contributed by atoms with Crippen molar-refractivity contribution in [1.29, 1.82) is 0 Å². The van der Waals surface area contributed by atoms with Gasteiger partial charge in [-0.2, -0.15) is 0 Å². The minimum absolute atomic E-state index is 0.245. The summed E-state index contributed by atoms with van der Waals surface area (Å²) in [4.78, 5) is 23.5. The Labute approximate surface area is 172 Å². The molecule has 0 atom stereocenters. The number of hydrazine groups is 1. The van der Waals surface area contributed by atoms with Crippen LogP contribution in [0.15, 0.2) is 45.3 Å². The average Bonchev–Trinajstić information content (AvgIpc) is 2.58. The maximum Gasteiger partial charge on any atom is 0.276 e. The molecule has 0 aliphatic rings. The molecule has 0 aliphatic heterocycles. The summed E-state index contributed by atoms with van der Waals surface area (Å²) in [6.07, 6.45) is 0. The summed E-state index contributed by atoms with van der Waals surface area (Å²) in [5.41, 5.74) is 5.56. The van der Waals surface area contributed by atoms with Gasteiger partial charge >= 0.3 is 0 Å². The van der Waals surface area contributed by atoms with E-state index in [4.69, 9.17) is 21.1 Å². The molecule has 0 aliphatic carbocycles. The molecule has 6 nitrogen and oxygen atoms in total. The SMILES string of the molecule is Cc1ccc(OCC(=O)NNC(=O)COc2ccc(Cl)cc2Br)c(Br)c1. The van der Waals surface area contributed by atoms with Gasteiger partial charge in [0.15, 0.2) is 13.2 Å². The van der Waals surface area contributed by atoms with E-state index in [0.29, 0.717) is 21.0 Å². The lowest BCUT2D eigenvalue weighted by Crippen LogP contribution is -2.45. The van der Waals surface area contributed by atoms with Gasteiger partial charge in [-0.15, -0.1) is 0 Å². The van der Waals surface area contributed by atoms with Crippen LogP contribution in [0.3, 0.4) is 0 Å². The number of rotatable bonds is 6. The van der Waals surface area contributed by atoms with Crippen LogP contribution >= 0.6 is 43.5 Å². The zero-order valence-corrected chi connectivity index (χ0v) is 17.6. The lowest BCUT2D eigenvalue weighted by Gasteiger charge is -2.11. The maximum atomic E-state index is 11.7. The second-order valence-electron chi connectivity index (χ2n) is 5.18. The van der Waals surface area contributed by atoms with E-state index in [1.165, 1.54) is 0 Å². The predicted molar refractivity (Wildman–Crippen MR) is 105 cm³/mol. The van der Waals surface area contributed by atoms with Crippen molar-refractivity contribution in [3.05, 3.63) is 55.9 Å². The van der Waals surface area contributed by atoms with Crippen LogP contribution < -0.4 is 20.3 Å². The quantitative estimate of drug-likeness (QED) is 0.585. The number of benzene rings is 2. The van der Waals surface area contributed by atoms with Crippen LogP contribution in [0, 0.1) is 6.92 Å². The van der Waals surface area contributed by atoms with Crippen molar-refractivity contribution in [3.63, 3.8) is 0 Å². The Morgan fingerprint density at radius 1 is 0.923 bits per heavy atom. The van der Waals surface area contributed by atoms with Crippen LogP contribution in [0.1, 0.15) is 5.56 Å². The standard InChI is InChI=1S/C17H15Br2ClN2O4/c1-10-2-4-14(12(18)6-10)25-8-16(23)21-22-17(24)9-26-15-5-3-11(20)7-13(15)19/h2-7H,8-9H2,1H3,(H,21,23)(H,22,24). The average molecular weight is 507 g/mol. The molecule has 0 aromatic heterocycles. The summed E-state index contributed by atoms with van der Waals surface area (Å²) in [5, 5.41) is 0.543. The predicted octanol–water partition coefficient (Wildman–Crippen LogP) is 3.78. The summed E-state index contributed by atoms with van der Waals surface area (Å²) in [6, 6.07) is 10.4. The summed E-state index contributed by atoms with van der Waals surface area (Å²) < 4.78 is 12.1. The minimum atomic E-state index is -0.517. The highest BCUT2D eigenvalue weighted by Crippen LogP contribution is 2.28. The van der Waals surface area contributed by atoms with E-state index < -0.39 is 11.8 Å². The van der Waals surface area contributed by atoms with E-state index in [1.54, 1.807) is 24.3 Å². The van der Waals surface area contributed by atoms with Gasteiger partial charge in [0.1, 0.15) is 11.5 Å². The van der Waals surface area contributed by atoms with E-state index in [2.05, 4.69) is 42.7 Å². The molecule has 0 saturated carbocycles. The zero-order chi connectivity index (χ0) is 19.1. The Hall–Kier alpha value is -1.77. The summed E-state index contributed by atoms with van der Waals surface area (Å²) in [7, 11) is 0. The molecule has 0 radical (unpaired) electrons. The first kappa shape index (κ1) is 20.5. The number of hydrogen-bond acceptors (Lipinski definition) is 4. The van der Waals surface area contributed by atoms with Crippen LogP contribution in [0.2, 0.25) is 5.02 Å². The summed E-state index contributed by atoms with van der Waals surface area (Å²) in [5.74, 6) is -0.0216. The molecule has 2 N–H and O–H groups in total. The molecule has 26 heavy (non-hydrogen) atoms. The lowest BCUT2D eigenvalue weighted by atomic mass is 10.2. The van der Waals surface area contributed by atoms with Gasteiger partial charge in [-0.3, -0.25) is 20.4 Å². The smallest absolute Gasteiger partial charge is 0.276 e. The number of aryl methyl sites for hydroxylation is 1. The molecule has 2 aromatic rings. The first-order valence-electron chi connectivity index (χ1n) is 7.39. The molecule has 0 fully saturated rings. The Bertz CT molecular complexity index is 750. The van der Waals surface area contributed by atoms with Crippen molar-refractivity contribution in [2.45, 2.75) is 6.92 Å². The number of carbonyl (C=O) groups is 2. The molecule has 2 aromatic carbocycles. The van der Waals surface area contributed by atoms with Crippen molar-refractivity contribution in [2.24, 2.45) is 0 Å². The Morgan fingerprint density at radius 2 is 1.42 bits per heavy atom. The number of carbonyl (C=O) groups excluding carboxylic acids is 2. The molecule has 9 heteroatoms. The zero-order valence-electron chi connectivity index (χ0n) is 13.6. The minimum Gasteiger partial charge on any atom is -0.483 e. The normalized spacial score (nSPS) is 10.2. The fourth-order valence-corrected chi connectivity index (χ4v) is 3.22. The van der Waals surface area contributed by atoms with E-state index in [9.17, 15) is 9.59 Å². The third-order valence-corrected chi connectivity index (χ3v) is 4.51. The topological polar surface area (TPSA) is 76.7 Å². The van der Waals surface area contributed by atoms with Gasteiger partial charge in [-0.25, -0.2) is 0 Å². The third kappa shape index (κ3) is 6.51. The van der Waals surface area contributed by atoms with Gasteiger partial charge < -0.3 is 9.47 Å². The van der Waals surface area contributed by atoms with Crippen LogP contribution in [-0.4, -0.2) is 25.0 Å². The second kappa shape index (κ2) is 9.80. The largest absolute Gasteiger partial charge is 0.483 e. The molecule has 0 spiro atoms. The molecule has 0 unspecified atom stereocenters. The monoisotopic (exact) mass is 504 g/mol. The lowest BCUT2D eigenvalue weighted by molar-refractivity contribution is -0.131. The fraction of sp³-hybridized carbons (Fsp3) is 0.176. The van der Waals surface area contributed by atoms with E-state index in [0.717, 1.165) is 10.0 Å². The molecular formula is C17H15Br2ClN2O4.